The van der Waals surface area contributed by atoms with Gasteiger partial charge in [0.05, 0.1) is 12.1 Å². The van der Waals surface area contributed by atoms with Gasteiger partial charge < -0.3 is 15.4 Å². The second kappa shape index (κ2) is 7.67. The van der Waals surface area contributed by atoms with Crippen LogP contribution in [0.15, 0.2) is 29.6 Å². The van der Waals surface area contributed by atoms with Gasteiger partial charge in [-0.3, -0.25) is 4.79 Å². The molecule has 0 aliphatic heterocycles. The van der Waals surface area contributed by atoms with Crippen molar-refractivity contribution in [2.75, 3.05) is 17.7 Å². The number of hydrogen-bond acceptors (Lipinski definition) is 7. The molecule has 0 unspecified atom stereocenters. The van der Waals surface area contributed by atoms with Crippen LogP contribution in [0.1, 0.15) is 21.9 Å². The third kappa shape index (κ3) is 4.27. The van der Waals surface area contributed by atoms with Gasteiger partial charge in [-0.15, -0.1) is 11.3 Å². The molecule has 1 amide bonds. The van der Waals surface area contributed by atoms with Crippen LogP contribution in [0.3, 0.4) is 0 Å². The van der Waals surface area contributed by atoms with E-state index in [1.807, 2.05) is 19.9 Å². The number of halogens is 1. The Morgan fingerprint density at radius 1 is 1.15 bits per heavy atom. The summed E-state index contributed by atoms with van der Waals surface area (Å²) in [7, 11) is 1.53. The van der Waals surface area contributed by atoms with E-state index in [-0.39, 0.29) is 11.6 Å². The molecular formula is C17H16ClN5O2S. The van der Waals surface area contributed by atoms with Gasteiger partial charge in [-0.25, -0.2) is 15.0 Å². The number of nitrogens with one attached hydrogen (secondary N) is 2. The molecule has 0 aliphatic rings. The summed E-state index contributed by atoms with van der Waals surface area (Å²) in [6.07, 6.45) is 0. The lowest BCUT2D eigenvalue weighted by Crippen LogP contribution is -2.12. The first-order chi connectivity index (χ1) is 12.4. The molecule has 2 N–H and O–H groups in total. The van der Waals surface area contributed by atoms with E-state index < -0.39 is 0 Å². The normalized spacial score (nSPS) is 10.5. The molecule has 0 saturated heterocycles. The van der Waals surface area contributed by atoms with Crippen molar-refractivity contribution in [1.29, 1.82) is 0 Å². The van der Waals surface area contributed by atoms with E-state index >= 15 is 0 Å². The molecule has 26 heavy (non-hydrogen) atoms. The average molecular weight is 390 g/mol. The number of aryl methyl sites for hydroxylation is 2. The van der Waals surface area contributed by atoms with Crippen molar-refractivity contribution in [3.8, 4) is 5.75 Å². The summed E-state index contributed by atoms with van der Waals surface area (Å²) in [6, 6.07) is 6.89. The lowest BCUT2D eigenvalue weighted by Gasteiger charge is -2.07. The minimum atomic E-state index is -0.336. The SMILES string of the molecule is COc1ccc(NC(=O)c2csc(Nc3nc(C)cc(C)n3)n2)cc1Cl. The van der Waals surface area contributed by atoms with Crippen LogP contribution in [0, 0.1) is 13.8 Å². The molecule has 3 aromatic rings. The van der Waals surface area contributed by atoms with Gasteiger partial charge in [-0.2, -0.15) is 0 Å². The second-order valence-corrected chi connectivity index (χ2v) is 6.71. The van der Waals surface area contributed by atoms with Crippen molar-refractivity contribution in [2.45, 2.75) is 13.8 Å². The number of aromatic nitrogens is 3. The first kappa shape index (κ1) is 18.1. The zero-order valence-corrected chi connectivity index (χ0v) is 15.9. The highest BCUT2D eigenvalue weighted by molar-refractivity contribution is 7.14. The number of nitrogens with zero attached hydrogens (tertiary/aromatic N) is 3. The lowest BCUT2D eigenvalue weighted by atomic mass is 10.3. The molecule has 0 saturated carbocycles. The van der Waals surface area contributed by atoms with Crippen LogP contribution < -0.4 is 15.4 Å². The largest absolute Gasteiger partial charge is 0.495 e. The van der Waals surface area contributed by atoms with Gasteiger partial charge in [-0.05, 0) is 38.1 Å². The molecule has 1 aromatic carbocycles. The molecule has 2 aromatic heterocycles. The first-order valence-corrected chi connectivity index (χ1v) is 8.90. The molecule has 0 atom stereocenters. The molecule has 134 valence electrons. The summed E-state index contributed by atoms with van der Waals surface area (Å²) in [4.78, 5) is 25.2. The number of anilines is 3. The summed E-state index contributed by atoms with van der Waals surface area (Å²) >= 11 is 7.36. The summed E-state index contributed by atoms with van der Waals surface area (Å²) in [5.41, 5.74) is 2.55. The Kier molecular flexibility index (Phi) is 5.34. The first-order valence-electron chi connectivity index (χ1n) is 7.64. The van der Waals surface area contributed by atoms with Crippen LogP contribution in [-0.4, -0.2) is 28.0 Å². The monoisotopic (exact) mass is 389 g/mol. The number of carbonyl (C=O) groups is 1. The minimum absolute atomic E-state index is 0.286. The molecule has 0 aliphatic carbocycles. The number of hydrogen-bond donors (Lipinski definition) is 2. The Morgan fingerprint density at radius 2 is 1.88 bits per heavy atom. The lowest BCUT2D eigenvalue weighted by molar-refractivity contribution is 0.102. The fraction of sp³-hybridized carbons (Fsp3) is 0.176. The zero-order chi connectivity index (χ0) is 18.7. The summed E-state index contributed by atoms with van der Waals surface area (Å²) in [5, 5.41) is 8.38. The van der Waals surface area contributed by atoms with Crippen molar-refractivity contribution in [1.82, 2.24) is 15.0 Å². The van der Waals surface area contributed by atoms with Crippen LogP contribution >= 0.6 is 22.9 Å². The van der Waals surface area contributed by atoms with Crippen molar-refractivity contribution < 1.29 is 9.53 Å². The average Bonchev–Trinajstić information content (AvgIpc) is 3.02. The van der Waals surface area contributed by atoms with Gasteiger partial charge in [0.25, 0.3) is 5.91 Å². The van der Waals surface area contributed by atoms with Crippen molar-refractivity contribution >= 4 is 45.6 Å². The highest BCUT2D eigenvalue weighted by atomic mass is 35.5. The van der Waals surface area contributed by atoms with Crippen LogP contribution in [-0.2, 0) is 0 Å². The highest BCUT2D eigenvalue weighted by Crippen LogP contribution is 2.27. The number of amides is 1. The standard InChI is InChI=1S/C17H16ClN5O2S/c1-9-6-10(2)20-16(19-9)23-17-22-13(8-26-17)15(24)21-11-4-5-14(25-3)12(18)7-11/h4-8H,1-3H3,(H,21,24)(H,19,20,22,23). The van der Waals surface area contributed by atoms with Crippen molar-refractivity contribution in [3.05, 3.63) is 51.7 Å². The molecule has 0 fully saturated rings. The second-order valence-electron chi connectivity index (χ2n) is 5.44. The molecule has 7 nitrogen and oxygen atoms in total. The van der Waals surface area contributed by atoms with Gasteiger partial charge in [0.15, 0.2) is 5.13 Å². The summed E-state index contributed by atoms with van der Waals surface area (Å²) < 4.78 is 5.09. The molecule has 3 rings (SSSR count). The van der Waals surface area contributed by atoms with Crippen molar-refractivity contribution in [2.24, 2.45) is 0 Å². The molecule has 0 bridgehead atoms. The van der Waals surface area contributed by atoms with Crippen LogP contribution in [0.4, 0.5) is 16.8 Å². The maximum Gasteiger partial charge on any atom is 0.275 e. The van der Waals surface area contributed by atoms with E-state index in [0.29, 0.717) is 27.5 Å². The number of methoxy groups -OCH3 is 1. The fourth-order valence-corrected chi connectivity index (χ4v) is 3.19. The van der Waals surface area contributed by atoms with E-state index in [1.54, 1.807) is 23.6 Å². The van der Waals surface area contributed by atoms with Crippen LogP contribution in [0.2, 0.25) is 5.02 Å². The van der Waals surface area contributed by atoms with E-state index in [2.05, 4.69) is 25.6 Å². The highest BCUT2D eigenvalue weighted by Gasteiger charge is 2.13. The number of carbonyl (C=O) groups excluding carboxylic acids is 1. The topological polar surface area (TPSA) is 89.0 Å². The third-order valence-electron chi connectivity index (χ3n) is 3.35. The Hall–Kier alpha value is -2.71. The van der Waals surface area contributed by atoms with E-state index in [1.165, 1.54) is 18.4 Å². The Balaban J connectivity index is 1.70. The van der Waals surface area contributed by atoms with Gasteiger partial charge in [0.2, 0.25) is 5.95 Å². The van der Waals surface area contributed by atoms with Crippen molar-refractivity contribution in [3.63, 3.8) is 0 Å². The Labute approximate surface area is 159 Å². The van der Waals surface area contributed by atoms with Gasteiger partial charge >= 0.3 is 0 Å². The number of rotatable bonds is 5. The van der Waals surface area contributed by atoms with Gasteiger partial charge in [0.1, 0.15) is 11.4 Å². The smallest absolute Gasteiger partial charge is 0.275 e. The molecule has 0 spiro atoms. The Bertz CT molecular complexity index is 940. The van der Waals surface area contributed by atoms with Gasteiger partial charge in [0, 0.05) is 22.5 Å². The number of thiazole rings is 1. The Morgan fingerprint density at radius 3 is 2.54 bits per heavy atom. The maximum atomic E-state index is 12.4. The zero-order valence-electron chi connectivity index (χ0n) is 14.3. The third-order valence-corrected chi connectivity index (χ3v) is 4.40. The van der Waals surface area contributed by atoms with Crippen LogP contribution in [0.25, 0.3) is 0 Å². The quantitative estimate of drug-likeness (QED) is 0.679. The molecule has 9 heteroatoms. The predicted octanol–water partition coefficient (Wildman–Crippen LogP) is 4.21. The molecular weight excluding hydrogens is 374 g/mol. The molecule has 2 heterocycles. The van der Waals surface area contributed by atoms with E-state index in [4.69, 9.17) is 16.3 Å². The number of ether oxygens (including phenoxy) is 1. The predicted molar refractivity (Wildman–Crippen MR) is 103 cm³/mol. The van der Waals surface area contributed by atoms with Gasteiger partial charge in [-0.1, -0.05) is 11.6 Å². The van der Waals surface area contributed by atoms with E-state index in [9.17, 15) is 4.79 Å². The van der Waals surface area contributed by atoms with E-state index in [0.717, 1.165) is 11.4 Å². The minimum Gasteiger partial charge on any atom is -0.495 e. The fourth-order valence-electron chi connectivity index (χ4n) is 2.25. The maximum absolute atomic E-state index is 12.4. The summed E-state index contributed by atoms with van der Waals surface area (Å²) in [6.45, 7) is 3.78. The number of benzene rings is 1. The summed E-state index contributed by atoms with van der Waals surface area (Å²) in [5.74, 6) is 0.654. The molecule has 0 radical (unpaired) electrons. The van der Waals surface area contributed by atoms with Crippen LogP contribution in [0.5, 0.6) is 5.75 Å².